The minimum absolute atomic E-state index is 0.0784. The van der Waals surface area contributed by atoms with Crippen LogP contribution in [0.25, 0.3) is 0 Å². The quantitative estimate of drug-likeness (QED) is 0.834. The molecule has 2 heterocycles. The third-order valence-electron chi connectivity index (χ3n) is 5.31. The number of rotatable bonds is 4. The van der Waals surface area contributed by atoms with E-state index in [2.05, 4.69) is 5.10 Å². The van der Waals surface area contributed by atoms with Crippen molar-refractivity contribution in [3.05, 3.63) is 11.4 Å². The van der Waals surface area contributed by atoms with Crippen LogP contribution in [0.4, 0.5) is 0 Å². The van der Waals surface area contributed by atoms with Gasteiger partial charge in [0, 0.05) is 19.5 Å². The summed E-state index contributed by atoms with van der Waals surface area (Å²) < 4.78 is 28.6. The van der Waals surface area contributed by atoms with E-state index in [4.69, 9.17) is 0 Å². The molecule has 0 N–H and O–H groups in total. The second-order valence-electron chi connectivity index (χ2n) is 7.12. The minimum Gasteiger partial charge on any atom is -0.273 e. The van der Waals surface area contributed by atoms with Gasteiger partial charge in [-0.25, -0.2) is 13.1 Å². The maximum absolute atomic E-state index is 12.9. The lowest BCUT2D eigenvalue weighted by molar-refractivity contribution is 0.0848. The average molecular weight is 353 g/mol. The van der Waals surface area contributed by atoms with Crippen LogP contribution in [0.1, 0.15) is 67.5 Å². The molecule has 0 aromatic carbocycles. The summed E-state index contributed by atoms with van der Waals surface area (Å²) in [5, 5.41) is 4.27. The highest BCUT2D eigenvalue weighted by Crippen LogP contribution is 2.29. The summed E-state index contributed by atoms with van der Waals surface area (Å²) in [5.41, 5.74) is 0.886. The Bertz CT molecular complexity index is 712. The smallest absolute Gasteiger partial charge is 0.247 e. The fourth-order valence-electron chi connectivity index (χ4n) is 4.03. The van der Waals surface area contributed by atoms with Crippen molar-refractivity contribution >= 4 is 15.9 Å². The Morgan fingerprint density at radius 3 is 2.33 bits per heavy atom. The van der Waals surface area contributed by atoms with Crippen molar-refractivity contribution in [1.82, 2.24) is 14.1 Å². The normalized spacial score (nSPS) is 20.6. The van der Waals surface area contributed by atoms with Crippen molar-refractivity contribution < 1.29 is 13.2 Å². The highest BCUT2D eigenvalue weighted by molar-refractivity contribution is 7.89. The zero-order valence-electron chi connectivity index (χ0n) is 14.6. The first kappa shape index (κ1) is 17.6. The first-order valence-corrected chi connectivity index (χ1v) is 10.4. The van der Waals surface area contributed by atoms with Crippen LogP contribution in [0.15, 0.2) is 4.90 Å². The molecule has 0 amide bonds. The lowest BCUT2D eigenvalue weighted by atomic mass is 9.87. The Morgan fingerprint density at radius 1 is 1.08 bits per heavy atom. The molecule has 7 heteroatoms. The molecule has 2 fully saturated rings. The van der Waals surface area contributed by atoms with Crippen molar-refractivity contribution in [2.24, 2.45) is 5.92 Å². The Hall–Kier alpha value is -1.21. The van der Waals surface area contributed by atoms with Crippen LogP contribution in [-0.2, 0) is 10.0 Å². The topological polar surface area (TPSA) is 72.3 Å². The summed E-state index contributed by atoms with van der Waals surface area (Å²) in [7, 11) is -3.55. The number of hydrogen-bond donors (Lipinski definition) is 0. The first-order valence-electron chi connectivity index (χ1n) is 9.01. The van der Waals surface area contributed by atoms with E-state index in [-0.39, 0.29) is 10.8 Å². The number of aryl methyl sites for hydroxylation is 1. The third kappa shape index (κ3) is 3.28. The van der Waals surface area contributed by atoms with Crippen molar-refractivity contribution in [3.63, 3.8) is 0 Å². The molecule has 1 aliphatic carbocycles. The van der Waals surface area contributed by atoms with E-state index in [1.165, 1.54) is 28.2 Å². The number of hydrogen-bond acceptors (Lipinski definition) is 4. The highest BCUT2D eigenvalue weighted by Gasteiger charge is 2.33. The van der Waals surface area contributed by atoms with Crippen LogP contribution in [0.2, 0.25) is 0 Å². The maximum atomic E-state index is 12.9. The molecular weight excluding hydrogens is 326 g/mol. The second-order valence-corrected chi connectivity index (χ2v) is 9.00. The summed E-state index contributed by atoms with van der Waals surface area (Å²) in [6.07, 6.45) is 8.05. The Balaban J connectivity index is 1.84. The molecule has 0 bridgehead atoms. The number of carbonyl (C=O) groups is 1. The van der Waals surface area contributed by atoms with Gasteiger partial charge in [0.2, 0.25) is 15.9 Å². The predicted molar refractivity (Wildman–Crippen MR) is 91.5 cm³/mol. The van der Waals surface area contributed by atoms with Gasteiger partial charge in [-0.1, -0.05) is 19.3 Å². The summed E-state index contributed by atoms with van der Waals surface area (Å²) >= 11 is 0. The van der Waals surface area contributed by atoms with Crippen LogP contribution in [-0.4, -0.2) is 41.5 Å². The molecule has 0 spiro atoms. The van der Waals surface area contributed by atoms with E-state index in [9.17, 15) is 13.2 Å². The molecule has 2 aliphatic rings. The fraction of sp³-hybridized carbons (Fsp3) is 0.765. The van der Waals surface area contributed by atoms with Gasteiger partial charge in [-0.3, -0.25) is 4.79 Å². The Labute approximate surface area is 144 Å². The number of sulfonamides is 1. The summed E-state index contributed by atoms with van der Waals surface area (Å²) in [6.45, 7) is 4.49. The molecule has 6 nitrogen and oxygen atoms in total. The third-order valence-corrected chi connectivity index (χ3v) is 7.46. The molecule has 3 rings (SSSR count). The molecule has 1 aromatic heterocycles. The monoisotopic (exact) mass is 353 g/mol. The Kier molecular flexibility index (Phi) is 5.11. The number of aromatic nitrogens is 2. The van der Waals surface area contributed by atoms with E-state index in [1.54, 1.807) is 13.8 Å². The molecule has 1 aromatic rings. The van der Waals surface area contributed by atoms with Gasteiger partial charge in [0.15, 0.2) is 0 Å². The van der Waals surface area contributed by atoms with Crippen molar-refractivity contribution in [2.75, 3.05) is 13.1 Å². The zero-order valence-corrected chi connectivity index (χ0v) is 15.4. The highest BCUT2D eigenvalue weighted by atomic mass is 32.2. The lowest BCUT2D eigenvalue weighted by Crippen LogP contribution is -2.29. The van der Waals surface area contributed by atoms with Gasteiger partial charge in [-0.2, -0.15) is 9.40 Å². The summed E-state index contributed by atoms with van der Waals surface area (Å²) in [4.78, 5) is 12.9. The van der Waals surface area contributed by atoms with E-state index >= 15 is 0 Å². The van der Waals surface area contributed by atoms with Crippen LogP contribution >= 0.6 is 0 Å². The van der Waals surface area contributed by atoms with Gasteiger partial charge in [-0.05, 0) is 45.4 Å². The van der Waals surface area contributed by atoms with Crippen LogP contribution in [0.3, 0.4) is 0 Å². The standard InChI is InChI=1S/C17H27N3O3S/c1-13-17(24(22,23)19-10-6-7-11-19)14(2)20(18-13)16(21)12-15-8-4-3-5-9-15/h15H,3-12H2,1-2H3. The van der Waals surface area contributed by atoms with Gasteiger partial charge in [-0.15, -0.1) is 0 Å². The number of carbonyl (C=O) groups excluding carboxylic acids is 1. The van der Waals surface area contributed by atoms with Crippen LogP contribution in [0.5, 0.6) is 0 Å². The minimum atomic E-state index is -3.55. The van der Waals surface area contributed by atoms with E-state index in [0.29, 0.717) is 36.8 Å². The van der Waals surface area contributed by atoms with Crippen molar-refractivity contribution in [2.45, 2.75) is 70.1 Å². The average Bonchev–Trinajstić information content (AvgIpc) is 3.17. The largest absolute Gasteiger partial charge is 0.273 e. The maximum Gasteiger partial charge on any atom is 0.247 e. The van der Waals surface area contributed by atoms with Gasteiger partial charge >= 0.3 is 0 Å². The molecular formula is C17H27N3O3S. The Morgan fingerprint density at radius 2 is 1.71 bits per heavy atom. The van der Waals surface area contributed by atoms with Crippen LogP contribution in [0, 0.1) is 19.8 Å². The lowest BCUT2D eigenvalue weighted by Gasteiger charge is -2.20. The first-order chi connectivity index (χ1) is 11.4. The zero-order chi connectivity index (χ0) is 17.3. The molecule has 0 unspecified atom stereocenters. The molecule has 134 valence electrons. The molecule has 0 atom stereocenters. The summed E-state index contributed by atoms with van der Waals surface area (Å²) in [5.74, 6) is 0.333. The van der Waals surface area contributed by atoms with Crippen molar-refractivity contribution in [3.8, 4) is 0 Å². The van der Waals surface area contributed by atoms with Gasteiger partial charge in [0.1, 0.15) is 4.90 Å². The van der Waals surface area contributed by atoms with Crippen molar-refractivity contribution in [1.29, 1.82) is 0 Å². The molecule has 24 heavy (non-hydrogen) atoms. The van der Waals surface area contributed by atoms with Crippen LogP contribution < -0.4 is 0 Å². The molecule has 1 saturated heterocycles. The van der Waals surface area contributed by atoms with E-state index in [1.807, 2.05) is 0 Å². The predicted octanol–water partition coefficient (Wildman–Crippen LogP) is 2.90. The van der Waals surface area contributed by atoms with E-state index < -0.39 is 10.0 Å². The second kappa shape index (κ2) is 6.96. The fourth-order valence-corrected chi connectivity index (χ4v) is 5.90. The molecule has 1 saturated carbocycles. The number of nitrogens with zero attached hydrogens (tertiary/aromatic N) is 3. The summed E-state index contributed by atoms with van der Waals surface area (Å²) in [6, 6.07) is 0. The SMILES string of the molecule is Cc1nn(C(=O)CC2CCCCC2)c(C)c1S(=O)(=O)N1CCCC1. The van der Waals surface area contributed by atoms with E-state index in [0.717, 1.165) is 25.7 Å². The van der Waals surface area contributed by atoms with Gasteiger partial charge in [0.25, 0.3) is 0 Å². The molecule has 1 aliphatic heterocycles. The van der Waals surface area contributed by atoms with Gasteiger partial charge < -0.3 is 0 Å². The van der Waals surface area contributed by atoms with Gasteiger partial charge in [0.05, 0.1) is 11.4 Å². The molecule has 0 radical (unpaired) electrons.